The highest BCUT2D eigenvalue weighted by Crippen LogP contribution is 2.28. The standard InChI is InChI=1S/C13H18BF3O2/c1-11(2,18)12(3,4)19-14-10-7-5-6-9(8-10)13(15,16)17/h5-8,14,18H,1-4H3. The lowest BCUT2D eigenvalue weighted by Gasteiger charge is -2.37. The average molecular weight is 274 g/mol. The fourth-order valence-corrected chi connectivity index (χ4v) is 1.28. The lowest BCUT2D eigenvalue weighted by atomic mass is 9.82. The van der Waals surface area contributed by atoms with E-state index in [1.54, 1.807) is 33.8 Å². The molecule has 0 aliphatic rings. The SMILES string of the molecule is CC(C)(O)C(C)(C)OBc1cccc(C(F)(F)F)c1. The number of aliphatic hydroxyl groups is 1. The van der Waals surface area contributed by atoms with Gasteiger partial charge in [0.15, 0.2) is 0 Å². The largest absolute Gasteiger partial charge is 0.427 e. The van der Waals surface area contributed by atoms with Crippen LogP contribution >= 0.6 is 0 Å². The molecule has 0 spiro atoms. The predicted molar refractivity (Wildman–Crippen MR) is 69.7 cm³/mol. The minimum atomic E-state index is -4.36. The van der Waals surface area contributed by atoms with Crippen molar-refractivity contribution in [3.05, 3.63) is 29.8 Å². The van der Waals surface area contributed by atoms with Crippen molar-refractivity contribution < 1.29 is 22.9 Å². The Balaban J connectivity index is 2.80. The third-order valence-corrected chi connectivity index (χ3v) is 3.33. The van der Waals surface area contributed by atoms with E-state index in [0.29, 0.717) is 5.46 Å². The predicted octanol–water partition coefficient (Wildman–Crippen LogP) is 2.25. The molecule has 0 aliphatic carbocycles. The smallest absolute Gasteiger partial charge is 0.416 e. The zero-order valence-corrected chi connectivity index (χ0v) is 11.5. The van der Waals surface area contributed by atoms with Crippen LogP contribution in [0.4, 0.5) is 13.2 Å². The summed E-state index contributed by atoms with van der Waals surface area (Å²) >= 11 is 0. The summed E-state index contributed by atoms with van der Waals surface area (Å²) in [5.41, 5.74) is -2.22. The Morgan fingerprint density at radius 2 is 1.68 bits per heavy atom. The lowest BCUT2D eigenvalue weighted by Crippen LogP contribution is -2.49. The van der Waals surface area contributed by atoms with E-state index < -0.39 is 22.9 Å². The van der Waals surface area contributed by atoms with Crippen molar-refractivity contribution in [3.63, 3.8) is 0 Å². The average Bonchev–Trinajstić information content (AvgIpc) is 2.24. The summed E-state index contributed by atoms with van der Waals surface area (Å²) in [6.45, 7) is 6.58. The Kier molecular flexibility index (Phi) is 4.37. The molecule has 1 aromatic rings. The van der Waals surface area contributed by atoms with E-state index in [1.165, 1.54) is 6.07 Å². The van der Waals surface area contributed by atoms with Gasteiger partial charge >= 0.3 is 13.7 Å². The summed E-state index contributed by atoms with van der Waals surface area (Å²) in [5, 5.41) is 9.90. The molecule has 1 N–H and O–H groups in total. The van der Waals surface area contributed by atoms with E-state index in [0.717, 1.165) is 12.1 Å². The highest BCUT2D eigenvalue weighted by molar-refractivity contribution is 6.47. The minimum absolute atomic E-state index is 0.0148. The first-order valence-corrected chi connectivity index (χ1v) is 5.96. The van der Waals surface area contributed by atoms with Crippen molar-refractivity contribution >= 4 is 12.9 Å². The van der Waals surface area contributed by atoms with E-state index in [1.807, 2.05) is 0 Å². The maximum absolute atomic E-state index is 12.6. The normalized spacial score (nSPS) is 13.5. The van der Waals surface area contributed by atoms with Crippen molar-refractivity contribution in [2.24, 2.45) is 0 Å². The van der Waals surface area contributed by atoms with Gasteiger partial charge in [0.2, 0.25) is 0 Å². The van der Waals surface area contributed by atoms with Crippen molar-refractivity contribution in [3.8, 4) is 0 Å². The Labute approximate surface area is 111 Å². The van der Waals surface area contributed by atoms with Gasteiger partial charge in [-0.3, -0.25) is 0 Å². The van der Waals surface area contributed by atoms with Crippen LogP contribution in [0.5, 0.6) is 0 Å². The quantitative estimate of drug-likeness (QED) is 0.853. The summed E-state index contributed by atoms with van der Waals surface area (Å²) in [5.74, 6) is 0. The van der Waals surface area contributed by atoms with Gasteiger partial charge in [0.1, 0.15) is 0 Å². The molecule has 0 aliphatic heterocycles. The van der Waals surface area contributed by atoms with Gasteiger partial charge in [-0.2, -0.15) is 13.2 Å². The number of hydrogen-bond acceptors (Lipinski definition) is 2. The van der Waals surface area contributed by atoms with Crippen LogP contribution in [0, 0.1) is 0 Å². The maximum atomic E-state index is 12.6. The van der Waals surface area contributed by atoms with Gasteiger partial charge in [0.05, 0.1) is 16.8 Å². The van der Waals surface area contributed by atoms with Gasteiger partial charge in [-0.25, -0.2) is 0 Å². The Bertz CT molecular complexity index is 436. The number of rotatable bonds is 4. The summed E-state index contributed by atoms with van der Waals surface area (Å²) in [7, 11) is 0.0148. The fraction of sp³-hybridized carbons (Fsp3) is 0.538. The highest BCUT2D eigenvalue weighted by atomic mass is 19.4. The third-order valence-electron chi connectivity index (χ3n) is 3.33. The molecular weight excluding hydrogens is 256 g/mol. The van der Waals surface area contributed by atoms with E-state index in [4.69, 9.17) is 4.65 Å². The topological polar surface area (TPSA) is 29.5 Å². The number of halogens is 3. The molecule has 106 valence electrons. The second-order valence-corrected chi connectivity index (χ2v) is 5.56. The van der Waals surface area contributed by atoms with E-state index in [9.17, 15) is 18.3 Å². The molecule has 0 amide bonds. The molecule has 0 bridgehead atoms. The first-order valence-electron chi connectivity index (χ1n) is 5.96. The maximum Gasteiger partial charge on any atom is 0.416 e. The summed E-state index contributed by atoms with van der Waals surface area (Å²) in [6.07, 6.45) is -4.36. The lowest BCUT2D eigenvalue weighted by molar-refractivity contribution is -0.137. The van der Waals surface area contributed by atoms with Crippen LogP contribution in [0.1, 0.15) is 33.3 Å². The molecule has 19 heavy (non-hydrogen) atoms. The second-order valence-electron chi connectivity index (χ2n) is 5.56. The molecule has 1 rings (SSSR count). The molecule has 0 fully saturated rings. The zero-order valence-electron chi connectivity index (χ0n) is 11.5. The molecule has 0 heterocycles. The van der Waals surface area contributed by atoms with Crippen LogP contribution < -0.4 is 5.46 Å². The molecule has 0 saturated carbocycles. The molecule has 0 atom stereocenters. The first-order chi connectivity index (χ1) is 8.43. The molecule has 2 nitrogen and oxygen atoms in total. The van der Waals surface area contributed by atoms with Crippen molar-refractivity contribution in [1.82, 2.24) is 0 Å². The molecule has 0 saturated heterocycles. The molecule has 0 unspecified atom stereocenters. The van der Waals surface area contributed by atoms with Gasteiger partial charge < -0.3 is 9.76 Å². The monoisotopic (exact) mass is 274 g/mol. The Morgan fingerprint density at radius 1 is 1.11 bits per heavy atom. The molecular formula is C13H18BF3O2. The van der Waals surface area contributed by atoms with Crippen LogP contribution in [0.25, 0.3) is 0 Å². The van der Waals surface area contributed by atoms with Crippen molar-refractivity contribution in [1.29, 1.82) is 0 Å². The molecule has 0 aromatic heterocycles. The van der Waals surface area contributed by atoms with E-state index in [-0.39, 0.29) is 7.48 Å². The van der Waals surface area contributed by atoms with Gasteiger partial charge in [-0.15, -0.1) is 0 Å². The van der Waals surface area contributed by atoms with Crippen LogP contribution in [-0.2, 0) is 10.8 Å². The van der Waals surface area contributed by atoms with Gasteiger partial charge in [0, 0.05) is 0 Å². The zero-order chi connectivity index (χ0) is 14.9. The highest BCUT2D eigenvalue weighted by Gasteiger charge is 2.36. The van der Waals surface area contributed by atoms with E-state index in [2.05, 4.69) is 0 Å². The minimum Gasteiger partial charge on any atom is -0.427 e. The molecule has 0 radical (unpaired) electrons. The van der Waals surface area contributed by atoms with Gasteiger partial charge in [-0.1, -0.05) is 29.7 Å². The number of benzene rings is 1. The summed E-state index contributed by atoms with van der Waals surface area (Å²) < 4.78 is 43.2. The number of hydrogen-bond donors (Lipinski definition) is 1. The van der Waals surface area contributed by atoms with Gasteiger partial charge in [-0.05, 0) is 27.7 Å². The Hall–Kier alpha value is -1.01. The molecule has 1 aromatic carbocycles. The van der Waals surface area contributed by atoms with Crippen LogP contribution in [0.15, 0.2) is 24.3 Å². The number of alkyl halides is 3. The summed E-state index contributed by atoms with van der Waals surface area (Å²) in [4.78, 5) is 0. The van der Waals surface area contributed by atoms with Gasteiger partial charge in [0.25, 0.3) is 0 Å². The van der Waals surface area contributed by atoms with Crippen LogP contribution in [-0.4, -0.2) is 23.8 Å². The molecule has 6 heteroatoms. The van der Waals surface area contributed by atoms with Crippen LogP contribution in [0.3, 0.4) is 0 Å². The van der Waals surface area contributed by atoms with E-state index >= 15 is 0 Å². The van der Waals surface area contributed by atoms with Crippen molar-refractivity contribution in [2.45, 2.75) is 45.1 Å². The van der Waals surface area contributed by atoms with Crippen LogP contribution in [0.2, 0.25) is 0 Å². The van der Waals surface area contributed by atoms with Crippen molar-refractivity contribution in [2.75, 3.05) is 0 Å². The third kappa shape index (κ3) is 4.25. The Morgan fingerprint density at radius 3 is 2.16 bits per heavy atom. The fourth-order valence-electron chi connectivity index (χ4n) is 1.28. The second kappa shape index (κ2) is 5.17. The summed E-state index contributed by atoms with van der Waals surface area (Å²) in [6, 6.07) is 4.99. The first kappa shape index (κ1) is 16.1.